The van der Waals surface area contributed by atoms with Gasteiger partial charge < -0.3 is 15.8 Å². The van der Waals surface area contributed by atoms with Crippen molar-refractivity contribution in [2.24, 2.45) is 11.7 Å². The predicted octanol–water partition coefficient (Wildman–Crippen LogP) is 2.90. The first-order chi connectivity index (χ1) is 10.6. The molecule has 0 unspecified atom stereocenters. The first-order valence-corrected chi connectivity index (χ1v) is 9.24. The number of nitrogens with one attached hydrogen (secondary N) is 1. The molecule has 1 saturated carbocycles. The van der Waals surface area contributed by atoms with Crippen LogP contribution in [0, 0.1) is 12.8 Å². The third kappa shape index (κ3) is 7.02. The van der Waals surface area contributed by atoms with Crippen molar-refractivity contribution < 1.29 is 9.53 Å². The summed E-state index contributed by atoms with van der Waals surface area (Å²) in [5.41, 5.74) is 8.05. The van der Waals surface area contributed by atoms with Crippen molar-refractivity contribution in [2.45, 2.75) is 38.8 Å². The molecule has 0 bridgehead atoms. The Labute approximate surface area is 149 Å². The van der Waals surface area contributed by atoms with Gasteiger partial charge in [0.05, 0.1) is 12.6 Å². The highest BCUT2D eigenvalue weighted by Gasteiger charge is 2.22. The van der Waals surface area contributed by atoms with E-state index in [0.29, 0.717) is 18.9 Å². The Hall–Kier alpha value is -0.910. The Balaban J connectivity index is 0.00000264. The lowest BCUT2D eigenvalue weighted by atomic mass is 10.1. The lowest BCUT2D eigenvalue weighted by Crippen LogP contribution is -2.40. The standard InChI is InChI=1S/C17H26N2O2S.ClH/c1-12-3-6-14(16(9-12)21-11-13-4-5-13)10-19-17(20)15(18)7-8-22-2;/h3,6,9,13,15H,4-5,7-8,10-11,18H2,1-2H3,(H,19,20);1H/t15-;/m0./s1. The van der Waals surface area contributed by atoms with E-state index in [0.717, 1.165) is 29.2 Å². The molecule has 0 radical (unpaired) electrons. The molecule has 0 aliphatic heterocycles. The monoisotopic (exact) mass is 358 g/mol. The quantitative estimate of drug-likeness (QED) is 0.712. The smallest absolute Gasteiger partial charge is 0.237 e. The maximum atomic E-state index is 12.0. The van der Waals surface area contributed by atoms with Crippen molar-refractivity contribution in [2.75, 3.05) is 18.6 Å². The second-order valence-electron chi connectivity index (χ2n) is 5.97. The van der Waals surface area contributed by atoms with Gasteiger partial charge in [-0.05, 0) is 55.7 Å². The minimum absolute atomic E-state index is 0. The molecular weight excluding hydrogens is 332 g/mol. The number of benzene rings is 1. The van der Waals surface area contributed by atoms with E-state index in [2.05, 4.69) is 5.32 Å². The van der Waals surface area contributed by atoms with Gasteiger partial charge in [0.15, 0.2) is 0 Å². The lowest BCUT2D eigenvalue weighted by molar-refractivity contribution is -0.122. The van der Waals surface area contributed by atoms with Gasteiger partial charge in [-0.2, -0.15) is 11.8 Å². The van der Waals surface area contributed by atoms with Gasteiger partial charge in [0.2, 0.25) is 5.91 Å². The summed E-state index contributed by atoms with van der Waals surface area (Å²) in [4.78, 5) is 12.0. The summed E-state index contributed by atoms with van der Waals surface area (Å²) < 4.78 is 5.91. The zero-order valence-electron chi connectivity index (χ0n) is 13.8. The highest BCUT2D eigenvalue weighted by molar-refractivity contribution is 7.98. The minimum atomic E-state index is -0.436. The van der Waals surface area contributed by atoms with E-state index >= 15 is 0 Å². The van der Waals surface area contributed by atoms with Crippen LogP contribution in [0.2, 0.25) is 0 Å². The van der Waals surface area contributed by atoms with Crippen LogP contribution in [0.4, 0.5) is 0 Å². The summed E-state index contributed by atoms with van der Waals surface area (Å²) in [6.45, 7) is 3.29. The first kappa shape index (κ1) is 20.1. The zero-order valence-corrected chi connectivity index (χ0v) is 15.5. The number of rotatable bonds is 9. The van der Waals surface area contributed by atoms with Crippen LogP contribution < -0.4 is 15.8 Å². The fourth-order valence-corrected chi connectivity index (χ4v) is 2.61. The molecule has 1 amide bonds. The summed E-state index contributed by atoms with van der Waals surface area (Å²) in [6, 6.07) is 5.66. The zero-order chi connectivity index (χ0) is 15.9. The van der Waals surface area contributed by atoms with Crippen molar-refractivity contribution in [3.05, 3.63) is 29.3 Å². The number of thioether (sulfide) groups is 1. The molecule has 0 spiro atoms. The van der Waals surface area contributed by atoms with Gasteiger partial charge in [-0.3, -0.25) is 4.79 Å². The Morgan fingerprint density at radius 2 is 2.22 bits per heavy atom. The third-order valence-corrected chi connectivity index (χ3v) is 4.46. The molecule has 130 valence electrons. The van der Waals surface area contributed by atoms with E-state index in [1.165, 1.54) is 12.8 Å². The highest BCUT2D eigenvalue weighted by atomic mass is 35.5. The fraction of sp³-hybridized carbons (Fsp3) is 0.588. The molecule has 6 heteroatoms. The largest absolute Gasteiger partial charge is 0.493 e. The number of aryl methyl sites for hydroxylation is 1. The second-order valence-corrected chi connectivity index (χ2v) is 6.96. The molecule has 23 heavy (non-hydrogen) atoms. The molecular formula is C17H27ClN2O2S. The van der Waals surface area contributed by atoms with Crippen LogP contribution in [0.25, 0.3) is 0 Å². The molecule has 1 fully saturated rings. The molecule has 1 aliphatic rings. The van der Waals surface area contributed by atoms with Gasteiger partial charge in [0, 0.05) is 12.1 Å². The number of carbonyl (C=O) groups excluding carboxylic acids is 1. The van der Waals surface area contributed by atoms with E-state index < -0.39 is 6.04 Å². The van der Waals surface area contributed by atoms with E-state index in [4.69, 9.17) is 10.5 Å². The fourth-order valence-electron chi connectivity index (χ4n) is 2.12. The summed E-state index contributed by atoms with van der Waals surface area (Å²) in [6.07, 6.45) is 5.25. The number of hydrogen-bond acceptors (Lipinski definition) is 4. The maximum absolute atomic E-state index is 12.0. The molecule has 1 aromatic rings. The van der Waals surface area contributed by atoms with Gasteiger partial charge >= 0.3 is 0 Å². The number of halogens is 1. The molecule has 0 heterocycles. The Bertz CT molecular complexity index is 509. The van der Waals surface area contributed by atoms with Crippen molar-refractivity contribution in [3.8, 4) is 5.75 Å². The molecule has 1 atom stereocenters. The molecule has 4 nitrogen and oxygen atoms in total. The van der Waals surface area contributed by atoms with Gasteiger partial charge in [-0.25, -0.2) is 0 Å². The average molecular weight is 359 g/mol. The maximum Gasteiger partial charge on any atom is 0.237 e. The topological polar surface area (TPSA) is 64.4 Å². The van der Waals surface area contributed by atoms with Crippen LogP contribution in [0.1, 0.15) is 30.4 Å². The summed E-state index contributed by atoms with van der Waals surface area (Å²) >= 11 is 1.70. The predicted molar refractivity (Wildman–Crippen MR) is 99.5 cm³/mol. The number of ether oxygens (including phenoxy) is 1. The van der Waals surface area contributed by atoms with E-state index in [1.807, 2.05) is 31.4 Å². The number of hydrogen-bond donors (Lipinski definition) is 2. The van der Waals surface area contributed by atoms with Crippen LogP contribution in [0.3, 0.4) is 0 Å². The SMILES string of the molecule is CSCC[C@H](N)C(=O)NCc1ccc(C)cc1OCC1CC1.Cl. The Morgan fingerprint density at radius 1 is 1.48 bits per heavy atom. The van der Waals surface area contributed by atoms with Gasteiger partial charge in [-0.15, -0.1) is 12.4 Å². The van der Waals surface area contributed by atoms with E-state index in [-0.39, 0.29) is 18.3 Å². The number of amides is 1. The Morgan fingerprint density at radius 3 is 2.87 bits per heavy atom. The lowest BCUT2D eigenvalue weighted by Gasteiger charge is -2.15. The molecule has 2 rings (SSSR count). The van der Waals surface area contributed by atoms with Gasteiger partial charge in [-0.1, -0.05) is 12.1 Å². The number of carbonyl (C=O) groups is 1. The normalized spacial score (nSPS) is 14.7. The highest BCUT2D eigenvalue weighted by Crippen LogP contribution is 2.30. The van der Waals surface area contributed by atoms with E-state index in [1.54, 1.807) is 11.8 Å². The molecule has 0 aromatic heterocycles. The second kappa shape index (κ2) is 10.1. The van der Waals surface area contributed by atoms with Crippen molar-refractivity contribution in [3.63, 3.8) is 0 Å². The molecule has 0 saturated heterocycles. The molecule has 3 N–H and O–H groups in total. The van der Waals surface area contributed by atoms with E-state index in [9.17, 15) is 4.79 Å². The summed E-state index contributed by atoms with van der Waals surface area (Å²) in [5.74, 6) is 2.39. The van der Waals surface area contributed by atoms with Crippen LogP contribution in [0.5, 0.6) is 5.75 Å². The van der Waals surface area contributed by atoms with Gasteiger partial charge in [0.25, 0.3) is 0 Å². The van der Waals surface area contributed by atoms with Crippen molar-refractivity contribution in [1.82, 2.24) is 5.32 Å². The van der Waals surface area contributed by atoms with Crippen molar-refractivity contribution in [1.29, 1.82) is 0 Å². The Kier molecular flexibility index (Phi) is 8.81. The van der Waals surface area contributed by atoms with Crippen LogP contribution in [-0.2, 0) is 11.3 Å². The van der Waals surface area contributed by atoms with Crippen molar-refractivity contribution >= 4 is 30.1 Å². The summed E-state index contributed by atoms with van der Waals surface area (Å²) in [5, 5.41) is 2.92. The van der Waals surface area contributed by atoms with Crippen LogP contribution in [0.15, 0.2) is 18.2 Å². The molecule has 1 aromatic carbocycles. The number of nitrogens with two attached hydrogens (primary N) is 1. The van der Waals surface area contributed by atoms with Crippen LogP contribution >= 0.6 is 24.2 Å². The van der Waals surface area contributed by atoms with Gasteiger partial charge in [0.1, 0.15) is 5.75 Å². The minimum Gasteiger partial charge on any atom is -0.493 e. The summed E-state index contributed by atoms with van der Waals surface area (Å²) in [7, 11) is 0. The third-order valence-electron chi connectivity index (χ3n) is 3.82. The first-order valence-electron chi connectivity index (χ1n) is 7.84. The van der Waals surface area contributed by atoms with Crippen LogP contribution in [-0.4, -0.2) is 30.6 Å². The average Bonchev–Trinajstić information content (AvgIpc) is 3.33. The molecule has 1 aliphatic carbocycles.